The molecule has 1 fully saturated rings. The summed E-state index contributed by atoms with van der Waals surface area (Å²) in [6.45, 7) is 8.56. The van der Waals surface area contributed by atoms with Crippen LogP contribution in [0.25, 0.3) is 11.1 Å². The fourth-order valence-corrected chi connectivity index (χ4v) is 5.74. The zero-order chi connectivity index (χ0) is 37.1. The Balaban J connectivity index is 1.52. The van der Waals surface area contributed by atoms with E-state index in [1.54, 1.807) is 46.8 Å². The monoisotopic (exact) mass is 699 g/mol. The van der Waals surface area contributed by atoms with Crippen molar-refractivity contribution in [1.29, 1.82) is 0 Å². The van der Waals surface area contributed by atoms with Gasteiger partial charge in [-0.25, -0.2) is 9.78 Å². The molecule has 4 N–H and O–H groups in total. The van der Waals surface area contributed by atoms with Crippen molar-refractivity contribution < 1.29 is 33.5 Å². The molecule has 5 amide bonds. The lowest BCUT2D eigenvalue weighted by Crippen LogP contribution is -2.59. The maximum atomic E-state index is 14.2. The number of ether oxygens (including phenoxy) is 1. The Labute approximate surface area is 297 Å². The Hall–Kier alpha value is -5.66. The van der Waals surface area contributed by atoms with Crippen molar-refractivity contribution in [3.63, 3.8) is 0 Å². The highest BCUT2D eigenvalue weighted by Crippen LogP contribution is 2.29. The third-order valence-electron chi connectivity index (χ3n) is 8.56. The van der Waals surface area contributed by atoms with Gasteiger partial charge in [0, 0.05) is 24.4 Å². The highest BCUT2D eigenvalue weighted by molar-refractivity contribution is 5.98. The van der Waals surface area contributed by atoms with E-state index < -0.39 is 65.9 Å². The zero-order valence-corrected chi connectivity index (χ0v) is 29.4. The SMILES string of the molecule is CC[C@@H](C=O)NC(=O)[C@@H]1C[C@@H](OC(=O)Nc2ccccc2-c2ccccc2)CN1C(=O)[C@@H](NC(=O)[C@@H](NC(=O)c1cnccn1)C(C)C)C(C)C. The number of rotatable bonds is 14. The van der Waals surface area contributed by atoms with Crippen molar-refractivity contribution in [3.8, 4) is 11.1 Å². The molecule has 1 saturated heterocycles. The molecular formula is C37H45N7O7. The Kier molecular flexibility index (Phi) is 13.3. The number of benzene rings is 2. The third-order valence-corrected chi connectivity index (χ3v) is 8.56. The normalized spacial score (nSPS) is 17.2. The molecule has 2 heterocycles. The van der Waals surface area contributed by atoms with Gasteiger partial charge in [0.05, 0.1) is 24.5 Å². The summed E-state index contributed by atoms with van der Waals surface area (Å²) in [5, 5.41) is 10.9. The number of hydrogen-bond donors (Lipinski definition) is 4. The van der Waals surface area contributed by atoms with Gasteiger partial charge in [0.2, 0.25) is 17.7 Å². The van der Waals surface area contributed by atoms with Crippen LogP contribution in [0.4, 0.5) is 10.5 Å². The van der Waals surface area contributed by atoms with Crippen LogP contribution in [0, 0.1) is 11.8 Å². The number of amides is 5. The number of carbonyl (C=O) groups excluding carboxylic acids is 6. The van der Waals surface area contributed by atoms with Crippen LogP contribution in [0.3, 0.4) is 0 Å². The number of aldehydes is 1. The highest BCUT2D eigenvalue weighted by atomic mass is 16.6. The molecule has 51 heavy (non-hydrogen) atoms. The van der Waals surface area contributed by atoms with Crippen LogP contribution in [0.2, 0.25) is 0 Å². The average Bonchev–Trinajstić information content (AvgIpc) is 3.55. The second-order valence-corrected chi connectivity index (χ2v) is 13.0. The van der Waals surface area contributed by atoms with Crippen LogP contribution in [-0.4, -0.2) is 87.7 Å². The van der Waals surface area contributed by atoms with Crippen LogP contribution in [-0.2, 0) is 23.9 Å². The summed E-state index contributed by atoms with van der Waals surface area (Å²) in [5.74, 6) is -3.19. The average molecular weight is 700 g/mol. The number of anilines is 1. The first-order valence-electron chi connectivity index (χ1n) is 17.0. The summed E-state index contributed by atoms with van der Waals surface area (Å²) in [6.07, 6.45) is 3.30. The smallest absolute Gasteiger partial charge is 0.411 e. The van der Waals surface area contributed by atoms with Crippen LogP contribution >= 0.6 is 0 Å². The van der Waals surface area contributed by atoms with E-state index >= 15 is 0 Å². The predicted octanol–water partition coefficient (Wildman–Crippen LogP) is 3.35. The van der Waals surface area contributed by atoms with Crippen molar-refractivity contribution in [2.45, 2.75) is 77.7 Å². The van der Waals surface area contributed by atoms with Gasteiger partial charge in [0.1, 0.15) is 36.2 Å². The highest BCUT2D eigenvalue weighted by Gasteiger charge is 2.45. The van der Waals surface area contributed by atoms with Crippen molar-refractivity contribution in [1.82, 2.24) is 30.8 Å². The Morgan fingerprint density at radius 3 is 2.22 bits per heavy atom. The Morgan fingerprint density at radius 2 is 1.59 bits per heavy atom. The van der Waals surface area contributed by atoms with E-state index in [1.165, 1.54) is 23.5 Å². The number of likely N-dealkylation sites (tertiary alicyclic amines) is 1. The van der Waals surface area contributed by atoms with E-state index in [2.05, 4.69) is 31.2 Å². The first-order valence-corrected chi connectivity index (χ1v) is 17.0. The molecule has 0 unspecified atom stereocenters. The molecule has 1 aromatic heterocycles. The topological polar surface area (TPSA) is 189 Å². The number of aromatic nitrogens is 2. The lowest BCUT2D eigenvalue weighted by atomic mass is 9.98. The third kappa shape index (κ3) is 9.96. The summed E-state index contributed by atoms with van der Waals surface area (Å²) in [4.78, 5) is 88.1. The summed E-state index contributed by atoms with van der Waals surface area (Å²) in [5.41, 5.74) is 2.20. The number of hydrogen-bond acceptors (Lipinski definition) is 9. The maximum absolute atomic E-state index is 14.2. The molecule has 0 saturated carbocycles. The molecule has 1 aliphatic rings. The van der Waals surface area contributed by atoms with Gasteiger partial charge < -0.3 is 30.4 Å². The molecule has 0 bridgehead atoms. The van der Waals surface area contributed by atoms with E-state index in [0.717, 1.165) is 11.1 Å². The fourth-order valence-electron chi connectivity index (χ4n) is 5.74. The van der Waals surface area contributed by atoms with Crippen LogP contribution < -0.4 is 21.3 Å². The molecule has 14 nitrogen and oxygen atoms in total. The minimum Gasteiger partial charge on any atom is -0.444 e. The van der Waals surface area contributed by atoms with Crippen LogP contribution in [0.1, 0.15) is 57.9 Å². The van der Waals surface area contributed by atoms with Crippen LogP contribution in [0.5, 0.6) is 0 Å². The number of carbonyl (C=O) groups is 6. The zero-order valence-electron chi connectivity index (χ0n) is 29.4. The number of nitrogens with one attached hydrogen (secondary N) is 4. The van der Waals surface area contributed by atoms with E-state index in [0.29, 0.717) is 18.4 Å². The van der Waals surface area contributed by atoms with Crippen molar-refractivity contribution in [2.24, 2.45) is 11.8 Å². The van der Waals surface area contributed by atoms with Gasteiger partial charge >= 0.3 is 6.09 Å². The van der Waals surface area contributed by atoms with Crippen molar-refractivity contribution in [2.75, 3.05) is 11.9 Å². The van der Waals surface area contributed by atoms with Crippen molar-refractivity contribution >= 4 is 41.7 Å². The fraction of sp³-hybridized carbons (Fsp3) is 0.405. The lowest BCUT2D eigenvalue weighted by Gasteiger charge is -2.32. The summed E-state index contributed by atoms with van der Waals surface area (Å²) in [6, 6.07) is 12.7. The van der Waals surface area contributed by atoms with Gasteiger partial charge in [-0.1, -0.05) is 83.1 Å². The molecule has 14 heteroatoms. The van der Waals surface area contributed by atoms with Gasteiger partial charge in [-0.3, -0.25) is 29.5 Å². The Morgan fingerprint density at radius 1 is 0.902 bits per heavy atom. The molecule has 3 aromatic rings. The molecule has 0 aliphatic carbocycles. The quantitative estimate of drug-likeness (QED) is 0.183. The van der Waals surface area contributed by atoms with Gasteiger partial charge in [0.15, 0.2) is 0 Å². The molecule has 4 rings (SSSR count). The maximum Gasteiger partial charge on any atom is 0.411 e. The second-order valence-electron chi connectivity index (χ2n) is 13.0. The van der Waals surface area contributed by atoms with Crippen molar-refractivity contribution in [3.05, 3.63) is 78.9 Å². The molecule has 270 valence electrons. The summed E-state index contributed by atoms with van der Waals surface area (Å²) in [7, 11) is 0. The molecule has 1 aliphatic heterocycles. The minimum absolute atomic E-state index is 0.0256. The lowest BCUT2D eigenvalue weighted by molar-refractivity contribution is -0.143. The van der Waals surface area contributed by atoms with E-state index in [9.17, 15) is 28.8 Å². The van der Waals surface area contributed by atoms with Gasteiger partial charge in [-0.05, 0) is 29.9 Å². The molecular weight excluding hydrogens is 654 g/mol. The largest absolute Gasteiger partial charge is 0.444 e. The number of para-hydroxylation sites is 1. The van der Waals surface area contributed by atoms with Crippen LogP contribution in [0.15, 0.2) is 73.2 Å². The van der Waals surface area contributed by atoms with E-state index in [1.807, 2.05) is 42.5 Å². The first kappa shape index (κ1) is 38.1. The first-order chi connectivity index (χ1) is 24.4. The summed E-state index contributed by atoms with van der Waals surface area (Å²) >= 11 is 0. The second kappa shape index (κ2) is 17.8. The van der Waals surface area contributed by atoms with Gasteiger partial charge in [0.25, 0.3) is 5.91 Å². The molecule has 2 aromatic carbocycles. The molecule has 0 spiro atoms. The van der Waals surface area contributed by atoms with Gasteiger partial charge in [-0.15, -0.1) is 0 Å². The molecule has 5 atom stereocenters. The van der Waals surface area contributed by atoms with E-state index in [-0.39, 0.29) is 24.6 Å². The standard InChI is InChI=1S/C37H45N7O7/c1-6-25(21-45)40-34(47)30-18-26(51-37(50)41-28-15-11-10-14-27(28)24-12-8-7-9-13-24)20-44(30)36(49)32(23(4)5)43-35(48)31(22(2)3)42-33(46)29-19-38-16-17-39-29/h7-17,19,21-23,25-26,30-32H,6,18,20H2,1-5H3,(H,40,47)(H,41,50)(H,42,46)(H,43,48)/t25-,26+,30-,31-,32-/m0/s1. The summed E-state index contributed by atoms with van der Waals surface area (Å²) < 4.78 is 5.76. The predicted molar refractivity (Wildman–Crippen MR) is 189 cm³/mol. The minimum atomic E-state index is -1.11. The molecule has 0 radical (unpaired) electrons. The van der Waals surface area contributed by atoms with E-state index in [4.69, 9.17) is 4.74 Å². The van der Waals surface area contributed by atoms with Gasteiger partial charge in [-0.2, -0.15) is 0 Å². The Bertz CT molecular complexity index is 1690. The number of nitrogens with zero attached hydrogens (tertiary/aromatic N) is 3.